The van der Waals surface area contributed by atoms with Crippen LogP contribution in [0.4, 0.5) is 0 Å². The molecule has 1 N–H and O–H groups in total. The van der Waals surface area contributed by atoms with Crippen molar-refractivity contribution < 1.29 is 14.0 Å². The maximum atomic E-state index is 10.1. The van der Waals surface area contributed by atoms with Crippen LogP contribution in [0.3, 0.4) is 0 Å². The predicted octanol–water partition coefficient (Wildman–Crippen LogP) is 8.64. The Bertz CT molecular complexity index is 942. The van der Waals surface area contributed by atoms with E-state index in [4.69, 9.17) is 8.85 Å². The van der Waals surface area contributed by atoms with E-state index in [1.165, 1.54) is 30.4 Å². The number of fused-ring (bicyclic) bond motifs is 5. The zero-order chi connectivity index (χ0) is 26.2. The van der Waals surface area contributed by atoms with Crippen LogP contribution in [-0.4, -0.2) is 33.9 Å². The van der Waals surface area contributed by atoms with Gasteiger partial charge in [0.15, 0.2) is 16.6 Å². The highest BCUT2D eigenvalue weighted by Crippen LogP contribution is 2.63. The summed E-state index contributed by atoms with van der Waals surface area (Å²) < 4.78 is 14.6. The second kappa shape index (κ2) is 8.71. The maximum Gasteiger partial charge on any atom is 0.192 e. The lowest BCUT2D eigenvalue weighted by molar-refractivity contribution is -0.0399. The number of rotatable bonds is 4. The molecule has 0 radical (unpaired) electrons. The first kappa shape index (κ1) is 27.4. The number of phenolic OH excluding ortho intramolecular Hbond substituents is 1. The van der Waals surface area contributed by atoms with Crippen molar-refractivity contribution in [1.82, 2.24) is 0 Å². The molecule has 4 rings (SSSR count). The van der Waals surface area contributed by atoms with Crippen molar-refractivity contribution in [3.63, 3.8) is 0 Å². The molecule has 198 valence electrons. The first-order valence-corrected chi connectivity index (χ1v) is 19.9. The Morgan fingerprint density at radius 1 is 0.914 bits per heavy atom. The van der Waals surface area contributed by atoms with Gasteiger partial charge >= 0.3 is 0 Å². The van der Waals surface area contributed by atoms with Gasteiger partial charge in [-0.1, -0.05) is 54.5 Å². The van der Waals surface area contributed by atoms with Gasteiger partial charge < -0.3 is 14.0 Å². The molecule has 1 aromatic carbocycles. The van der Waals surface area contributed by atoms with Crippen LogP contribution >= 0.6 is 0 Å². The molecule has 3 nitrogen and oxygen atoms in total. The Balaban J connectivity index is 1.70. The standard InChI is InChI=1S/C30H52O3Si2/c1-28(2,3)34(8,9)32-26-19-25-24-14-12-20-18-21(31)13-15-22(20)23(24)16-17-30(25,7)27(26)33-35(10,11)29(4,5)6/h13,15,18,23-27,31H,12,14,16-17,19H2,1-11H3/t23-,24-,25+,26-,27+,30+/m1/s1. The third kappa shape index (κ3) is 4.73. The Morgan fingerprint density at radius 2 is 1.51 bits per heavy atom. The molecule has 1 aromatic rings. The lowest BCUT2D eigenvalue weighted by Gasteiger charge is -2.52. The summed E-state index contributed by atoms with van der Waals surface area (Å²) in [5, 5.41) is 10.4. The molecule has 0 unspecified atom stereocenters. The van der Waals surface area contributed by atoms with Gasteiger partial charge in [-0.15, -0.1) is 0 Å². The van der Waals surface area contributed by atoms with Crippen LogP contribution in [0, 0.1) is 17.3 Å². The van der Waals surface area contributed by atoms with Gasteiger partial charge in [-0.2, -0.15) is 0 Å². The second-order valence-electron chi connectivity index (χ2n) is 15.3. The monoisotopic (exact) mass is 516 g/mol. The van der Waals surface area contributed by atoms with Crippen LogP contribution in [0.15, 0.2) is 18.2 Å². The fourth-order valence-electron chi connectivity index (χ4n) is 6.88. The fraction of sp³-hybridized carbons (Fsp3) is 0.800. The van der Waals surface area contributed by atoms with E-state index in [1.54, 1.807) is 0 Å². The van der Waals surface area contributed by atoms with Gasteiger partial charge in [0, 0.05) is 0 Å². The van der Waals surface area contributed by atoms with Gasteiger partial charge in [-0.05, 0) is 115 Å². The van der Waals surface area contributed by atoms with Gasteiger partial charge in [0.25, 0.3) is 0 Å². The van der Waals surface area contributed by atoms with Crippen molar-refractivity contribution >= 4 is 16.6 Å². The zero-order valence-electron chi connectivity index (χ0n) is 24.4. The highest BCUT2D eigenvalue weighted by molar-refractivity contribution is 6.74. The van der Waals surface area contributed by atoms with Crippen molar-refractivity contribution in [1.29, 1.82) is 0 Å². The quantitative estimate of drug-likeness (QED) is 0.407. The second-order valence-corrected chi connectivity index (χ2v) is 24.8. The molecule has 3 aliphatic carbocycles. The summed E-state index contributed by atoms with van der Waals surface area (Å²) in [4.78, 5) is 0. The summed E-state index contributed by atoms with van der Waals surface area (Å²) in [5.41, 5.74) is 3.03. The van der Waals surface area contributed by atoms with Crippen molar-refractivity contribution in [2.45, 2.75) is 135 Å². The summed E-state index contributed by atoms with van der Waals surface area (Å²) >= 11 is 0. The van der Waals surface area contributed by atoms with Crippen LogP contribution < -0.4 is 0 Å². The van der Waals surface area contributed by atoms with E-state index in [0.29, 0.717) is 23.5 Å². The van der Waals surface area contributed by atoms with Gasteiger partial charge in [-0.25, -0.2) is 0 Å². The summed E-state index contributed by atoms with van der Waals surface area (Å²) in [6, 6.07) is 6.13. The smallest absolute Gasteiger partial charge is 0.192 e. The lowest BCUT2D eigenvalue weighted by Crippen LogP contribution is -2.54. The molecule has 0 heterocycles. The van der Waals surface area contributed by atoms with Crippen LogP contribution in [-0.2, 0) is 15.3 Å². The average molecular weight is 517 g/mol. The zero-order valence-corrected chi connectivity index (χ0v) is 26.4. The van der Waals surface area contributed by atoms with Crippen LogP contribution in [0.25, 0.3) is 0 Å². The van der Waals surface area contributed by atoms with E-state index < -0.39 is 16.6 Å². The Hall–Kier alpha value is -0.626. The molecule has 0 spiro atoms. The predicted molar refractivity (Wildman–Crippen MR) is 152 cm³/mol. The topological polar surface area (TPSA) is 38.7 Å². The van der Waals surface area contributed by atoms with Crippen molar-refractivity contribution in [3.8, 4) is 5.75 Å². The van der Waals surface area contributed by atoms with Gasteiger partial charge in [0.1, 0.15) is 5.75 Å². The van der Waals surface area contributed by atoms with Gasteiger partial charge in [-0.3, -0.25) is 0 Å². The molecule has 6 atom stereocenters. The molecule has 3 aliphatic rings. The summed E-state index contributed by atoms with van der Waals surface area (Å²) in [6.45, 7) is 26.4. The fourth-order valence-corrected chi connectivity index (χ4v) is 9.62. The Kier molecular flexibility index (Phi) is 6.82. The molecule has 0 bridgehead atoms. The minimum absolute atomic E-state index is 0.165. The normalized spacial score (nSPS) is 33.7. The number of benzene rings is 1. The molecule has 35 heavy (non-hydrogen) atoms. The maximum absolute atomic E-state index is 10.1. The Labute approximate surface area is 217 Å². The SMILES string of the molecule is CC(C)(C)[Si](C)(C)O[C@@H]1C[C@H]2[C@@H]3CCc4cc(O)ccc4[C@H]3CC[C@]2(C)[C@H]1O[Si](C)(C)C(C)(C)C. The van der Waals surface area contributed by atoms with E-state index >= 15 is 0 Å². The molecule has 2 saturated carbocycles. The third-order valence-corrected chi connectivity index (χ3v) is 20.1. The first-order valence-electron chi connectivity index (χ1n) is 14.0. The molecule has 5 heteroatoms. The molecular formula is C30H52O3Si2. The summed E-state index contributed by atoms with van der Waals surface area (Å²) in [7, 11) is -3.89. The van der Waals surface area contributed by atoms with E-state index in [-0.39, 0.29) is 27.7 Å². The molecule has 0 saturated heterocycles. The van der Waals surface area contributed by atoms with E-state index in [1.807, 2.05) is 12.1 Å². The highest BCUT2D eigenvalue weighted by Gasteiger charge is 2.61. The number of aryl methyl sites for hydroxylation is 1. The summed E-state index contributed by atoms with van der Waals surface area (Å²) in [6.07, 6.45) is 6.25. The van der Waals surface area contributed by atoms with Crippen LogP contribution in [0.1, 0.15) is 91.2 Å². The summed E-state index contributed by atoms with van der Waals surface area (Å²) in [5.74, 6) is 2.34. The van der Waals surface area contributed by atoms with E-state index in [0.717, 1.165) is 12.8 Å². The van der Waals surface area contributed by atoms with E-state index in [9.17, 15) is 5.11 Å². The highest BCUT2D eigenvalue weighted by atomic mass is 28.4. The number of aromatic hydroxyl groups is 1. The number of hydrogen-bond acceptors (Lipinski definition) is 3. The molecule has 0 aromatic heterocycles. The van der Waals surface area contributed by atoms with Crippen molar-refractivity contribution in [2.75, 3.05) is 0 Å². The Morgan fingerprint density at radius 3 is 2.11 bits per heavy atom. The lowest BCUT2D eigenvalue weighted by atomic mass is 9.55. The molecule has 0 amide bonds. The van der Waals surface area contributed by atoms with Gasteiger partial charge in [0.05, 0.1) is 12.2 Å². The number of phenols is 1. The van der Waals surface area contributed by atoms with Crippen molar-refractivity contribution in [3.05, 3.63) is 29.3 Å². The minimum atomic E-state index is -1.96. The van der Waals surface area contributed by atoms with Crippen LogP contribution in [0.5, 0.6) is 5.75 Å². The molecular weight excluding hydrogens is 464 g/mol. The minimum Gasteiger partial charge on any atom is -0.508 e. The van der Waals surface area contributed by atoms with Gasteiger partial charge in [0.2, 0.25) is 0 Å². The van der Waals surface area contributed by atoms with Crippen molar-refractivity contribution in [2.24, 2.45) is 17.3 Å². The molecule has 0 aliphatic heterocycles. The van der Waals surface area contributed by atoms with E-state index in [2.05, 4.69) is 80.7 Å². The first-order chi connectivity index (χ1) is 15.9. The number of hydrogen-bond donors (Lipinski definition) is 1. The largest absolute Gasteiger partial charge is 0.508 e. The average Bonchev–Trinajstić information content (AvgIpc) is 2.96. The third-order valence-electron chi connectivity index (χ3n) is 11.1. The molecule has 2 fully saturated rings. The van der Waals surface area contributed by atoms with Crippen LogP contribution in [0.2, 0.25) is 36.3 Å².